The van der Waals surface area contributed by atoms with E-state index in [-0.39, 0.29) is 3.38 Å². The van der Waals surface area contributed by atoms with Gasteiger partial charge in [0.2, 0.25) is 0 Å². The second-order valence-electron chi connectivity index (χ2n) is 2.26. The van der Waals surface area contributed by atoms with Crippen molar-refractivity contribution in [2.45, 2.75) is 9.80 Å². The Morgan fingerprint density at radius 2 is 2.00 bits per heavy atom. The first-order valence-corrected chi connectivity index (χ1v) is 5.12. The van der Waals surface area contributed by atoms with Crippen LogP contribution in [0.15, 0.2) is 30.3 Å². The van der Waals surface area contributed by atoms with Crippen LogP contribution < -0.4 is 0 Å². The fourth-order valence-corrected chi connectivity index (χ4v) is 1.18. The first-order valence-electron chi connectivity index (χ1n) is 3.44. The number of halogens is 2. The normalized spacial score (nSPS) is 12.9. The highest BCUT2D eigenvalue weighted by atomic mass is 127. The van der Waals surface area contributed by atoms with Gasteiger partial charge in [-0.05, 0) is 18.4 Å². The van der Waals surface area contributed by atoms with Gasteiger partial charge < -0.3 is 0 Å². The van der Waals surface area contributed by atoms with Gasteiger partial charge in [0.05, 0.1) is 3.38 Å². The molecule has 1 atom stereocenters. The van der Waals surface area contributed by atoms with E-state index < -0.39 is 0 Å². The molecule has 1 unspecified atom stereocenters. The van der Waals surface area contributed by atoms with Gasteiger partial charge in [-0.3, -0.25) is 0 Å². The molecule has 0 amide bonds. The molecule has 1 aromatic carbocycles. The van der Waals surface area contributed by atoms with Gasteiger partial charge in [0.25, 0.3) is 0 Å². The third kappa shape index (κ3) is 3.97. The van der Waals surface area contributed by atoms with E-state index in [4.69, 9.17) is 11.6 Å². The van der Waals surface area contributed by atoms with Crippen molar-refractivity contribution in [3.8, 4) is 0 Å². The van der Waals surface area contributed by atoms with Gasteiger partial charge in [-0.25, -0.2) is 0 Å². The molecule has 0 aliphatic heterocycles. The van der Waals surface area contributed by atoms with Gasteiger partial charge in [-0.1, -0.05) is 52.9 Å². The molecule has 11 heavy (non-hydrogen) atoms. The minimum atomic E-state index is 0.132. The molecule has 0 aromatic heterocycles. The second-order valence-corrected chi connectivity index (χ2v) is 4.81. The van der Waals surface area contributed by atoms with Crippen LogP contribution in [0.1, 0.15) is 5.56 Å². The van der Waals surface area contributed by atoms with E-state index in [1.165, 1.54) is 5.56 Å². The number of hydrogen-bond donors (Lipinski definition) is 0. The molecule has 0 heterocycles. The minimum absolute atomic E-state index is 0.132. The van der Waals surface area contributed by atoms with Crippen molar-refractivity contribution in [1.29, 1.82) is 0 Å². The molecule has 0 saturated heterocycles. The van der Waals surface area contributed by atoms with Crippen molar-refractivity contribution in [1.82, 2.24) is 0 Å². The van der Waals surface area contributed by atoms with E-state index >= 15 is 0 Å². The molecule has 1 radical (unpaired) electrons. The lowest BCUT2D eigenvalue weighted by atomic mass is 10.1. The molecule has 0 aliphatic rings. The zero-order valence-electron chi connectivity index (χ0n) is 6.00. The Bertz CT molecular complexity index is 196. The highest BCUT2D eigenvalue weighted by Crippen LogP contribution is 2.13. The van der Waals surface area contributed by atoms with Gasteiger partial charge in [0.15, 0.2) is 0 Å². The van der Waals surface area contributed by atoms with Crippen LogP contribution in [-0.2, 0) is 6.42 Å². The van der Waals surface area contributed by atoms with Gasteiger partial charge in [0, 0.05) is 0 Å². The van der Waals surface area contributed by atoms with E-state index in [0.29, 0.717) is 0 Å². The maximum Gasteiger partial charge on any atom is 0.0885 e. The highest BCUT2D eigenvalue weighted by molar-refractivity contribution is 14.1. The summed E-state index contributed by atoms with van der Waals surface area (Å²) in [5, 5.41) is 0. The smallest absolute Gasteiger partial charge is 0.0885 e. The Balaban J connectivity index is 2.39. The lowest BCUT2D eigenvalue weighted by molar-refractivity contribution is 1.13. The number of benzene rings is 1. The summed E-state index contributed by atoms with van der Waals surface area (Å²) in [4.78, 5) is 0. The quantitative estimate of drug-likeness (QED) is 0.587. The predicted octanol–water partition coefficient (Wildman–Crippen LogP) is 3.43. The molecular weight excluding hydrogens is 270 g/mol. The zero-order chi connectivity index (χ0) is 8.10. The van der Waals surface area contributed by atoms with E-state index in [1.807, 2.05) is 18.2 Å². The van der Waals surface area contributed by atoms with Gasteiger partial charge in [0.1, 0.15) is 0 Å². The SMILES string of the molecule is ClC(I)[CH]Cc1ccccc1. The number of hydrogen-bond acceptors (Lipinski definition) is 0. The van der Waals surface area contributed by atoms with Crippen LogP contribution in [0.3, 0.4) is 0 Å². The maximum atomic E-state index is 5.76. The molecule has 59 valence electrons. The molecule has 0 bridgehead atoms. The molecule has 0 fully saturated rings. The Morgan fingerprint density at radius 1 is 1.36 bits per heavy atom. The first kappa shape index (κ1) is 9.33. The summed E-state index contributed by atoms with van der Waals surface area (Å²) in [6, 6.07) is 10.3. The Hall–Kier alpha value is 0.240. The average molecular weight is 280 g/mol. The van der Waals surface area contributed by atoms with Crippen molar-refractivity contribution in [2.24, 2.45) is 0 Å². The fraction of sp³-hybridized carbons (Fsp3) is 0.222. The van der Waals surface area contributed by atoms with Crippen LogP contribution in [0.4, 0.5) is 0 Å². The van der Waals surface area contributed by atoms with Crippen molar-refractivity contribution in [3.05, 3.63) is 42.3 Å². The molecule has 0 nitrogen and oxygen atoms in total. The molecule has 0 saturated carbocycles. The van der Waals surface area contributed by atoms with Crippen LogP contribution in [0.25, 0.3) is 0 Å². The summed E-state index contributed by atoms with van der Waals surface area (Å²) in [6.45, 7) is 0. The maximum absolute atomic E-state index is 5.76. The summed E-state index contributed by atoms with van der Waals surface area (Å²) >= 11 is 7.94. The molecule has 0 spiro atoms. The predicted molar refractivity (Wildman–Crippen MR) is 58.1 cm³/mol. The van der Waals surface area contributed by atoms with Crippen LogP contribution >= 0.6 is 34.2 Å². The van der Waals surface area contributed by atoms with Crippen molar-refractivity contribution in [2.75, 3.05) is 0 Å². The highest BCUT2D eigenvalue weighted by Gasteiger charge is 1.98. The van der Waals surface area contributed by atoms with E-state index in [2.05, 4.69) is 41.1 Å². The summed E-state index contributed by atoms with van der Waals surface area (Å²) in [5.74, 6) is 0. The third-order valence-corrected chi connectivity index (χ3v) is 2.06. The Kier molecular flexibility index (Phi) is 4.23. The standard InChI is InChI=1S/C9H9ClI/c10-9(11)7-6-8-4-2-1-3-5-8/h1-5,7,9H,6H2. The van der Waals surface area contributed by atoms with E-state index in [9.17, 15) is 0 Å². The van der Waals surface area contributed by atoms with E-state index in [1.54, 1.807) is 0 Å². The van der Waals surface area contributed by atoms with Crippen molar-refractivity contribution in [3.63, 3.8) is 0 Å². The van der Waals surface area contributed by atoms with Gasteiger partial charge in [-0.15, -0.1) is 11.6 Å². The molecule has 0 aliphatic carbocycles. The number of rotatable bonds is 3. The van der Waals surface area contributed by atoms with Gasteiger partial charge in [-0.2, -0.15) is 0 Å². The van der Waals surface area contributed by atoms with Crippen LogP contribution in [0.2, 0.25) is 0 Å². The van der Waals surface area contributed by atoms with Crippen molar-refractivity contribution >= 4 is 34.2 Å². The molecular formula is C9H9ClI. The molecule has 1 rings (SSSR count). The minimum Gasteiger partial charge on any atom is -0.111 e. The average Bonchev–Trinajstić information content (AvgIpc) is 2.03. The largest absolute Gasteiger partial charge is 0.111 e. The third-order valence-electron chi connectivity index (χ3n) is 1.37. The summed E-state index contributed by atoms with van der Waals surface area (Å²) < 4.78 is 0.132. The summed E-state index contributed by atoms with van der Waals surface area (Å²) in [6.07, 6.45) is 3.04. The number of alkyl halides is 2. The van der Waals surface area contributed by atoms with E-state index in [0.717, 1.165) is 6.42 Å². The zero-order valence-corrected chi connectivity index (χ0v) is 8.92. The monoisotopic (exact) mass is 279 g/mol. The second kappa shape index (κ2) is 4.99. The van der Waals surface area contributed by atoms with Crippen LogP contribution in [0.5, 0.6) is 0 Å². The molecule has 0 N–H and O–H groups in total. The van der Waals surface area contributed by atoms with Gasteiger partial charge >= 0.3 is 0 Å². The van der Waals surface area contributed by atoms with Crippen LogP contribution in [0, 0.1) is 6.42 Å². The first-order chi connectivity index (χ1) is 5.29. The molecule has 1 aromatic rings. The lowest BCUT2D eigenvalue weighted by Crippen LogP contribution is -1.91. The van der Waals surface area contributed by atoms with Crippen molar-refractivity contribution < 1.29 is 0 Å². The summed E-state index contributed by atoms with van der Waals surface area (Å²) in [7, 11) is 0. The Morgan fingerprint density at radius 3 is 2.55 bits per heavy atom. The lowest BCUT2D eigenvalue weighted by Gasteiger charge is -2.00. The summed E-state index contributed by atoms with van der Waals surface area (Å²) in [5.41, 5.74) is 1.31. The van der Waals surface area contributed by atoms with Crippen LogP contribution in [-0.4, -0.2) is 3.38 Å². The fourth-order valence-electron chi connectivity index (χ4n) is 0.839. The molecule has 2 heteroatoms. The Labute approximate surface area is 86.1 Å². The topological polar surface area (TPSA) is 0 Å².